The standard InChI is InChI=1S/C23H22Br2N2O2/c1-14(28)23(26(2)17-5-4-6-18(13-17)29-3)27-21-9-7-15(24)11-19(21)20-12-16(25)8-10-22(20)27/h4-14,23,28H,1-3H3. The first kappa shape index (κ1) is 20.3. The molecule has 150 valence electrons. The minimum atomic E-state index is -0.614. The summed E-state index contributed by atoms with van der Waals surface area (Å²) in [7, 11) is 3.66. The molecule has 3 aromatic carbocycles. The lowest BCUT2D eigenvalue weighted by atomic mass is 10.2. The van der Waals surface area contributed by atoms with E-state index < -0.39 is 6.10 Å². The Morgan fingerprint density at radius 1 is 0.931 bits per heavy atom. The van der Waals surface area contributed by atoms with Gasteiger partial charge in [-0.15, -0.1) is 0 Å². The lowest BCUT2D eigenvalue weighted by Gasteiger charge is -2.34. The second-order valence-corrected chi connectivity index (χ2v) is 8.99. The lowest BCUT2D eigenvalue weighted by Crippen LogP contribution is -2.36. The number of anilines is 1. The van der Waals surface area contributed by atoms with Crippen molar-refractivity contribution in [1.82, 2.24) is 4.57 Å². The first-order valence-electron chi connectivity index (χ1n) is 9.34. The third-order valence-corrected chi connectivity index (χ3v) is 6.27. The molecular weight excluding hydrogens is 496 g/mol. The van der Waals surface area contributed by atoms with Crippen molar-refractivity contribution in [2.75, 3.05) is 19.1 Å². The van der Waals surface area contributed by atoms with Crippen molar-refractivity contribution >= 4 is 59.4 Å². The number of aliphatic hydroxyl groups is 1. The number of aromatic nitrogens is 1. The van der Waals surface area contributed by atoms with Crippen LogP contribution in [0.3, 0.4) is 0 Å². The molecule has 4 rings (SSSR count). The molecule has 0 bridgehead atoms. The van der Waals surface area contributed by atoms with Crippen molar-refractivity contribution in [3.63, 3.8) is 0 Å². The van der Waals surface area contributed by atoms with Gasteiger partial charge in [-0.3, -0.25) is 0 Å². The van der Waals surface area contributed by atoms with Crippen LogP contribution < -0.4 is 9.64 Å². The molecule has 0 amide bonds. The SMILES string of the molecule is COc1cccc(N(C)C(C(C)O)n2c3ccc(Br)cc3c3cc(Br)ccc32)c1. The van der Waals surface area contributed by atoms with E-state index in [0.717, 1.165) is 42.2 Å². The summed E-state index contributed by atoms with van der Waals surface area (Å²) in [5.74, 6) is 0.786. The highest BCUT2D eigenvalue weighted by Gasteiger charge is 2.27. The van der Waals surface area contributed by atoms with E-state index in [1.54, 1.807) is 7.11 Å². The van der Waals surface area contributed by atoms with Crippen molar-refractivity contribution < 1.29 is 9.84 Å². The minimum Gasteiger partial charge on any atom is -0.497 e. The van der Waals surface area contributed by atoms with Crippen molar-refractivity contribution in [1.29, 1.82) is 0 Å². The van der Waals surface area contributed by atoms with Crippen LogP contribution in [0.4, 0.5) is 5.69 Å². The van der Waals surface area contributed by atoms with Gasteiger partial charge in [0, 0.05) is 38.5 Å². The highest BCUT2D eigenvalue weighted by Crippen LogP contribution is 2.38. The summed E-state index contributed by atoms with van der Waals surface area (Å²) >= 11 is 7.20. The third-order valence-electron chi connectivity index (χ3n) is 5.28. The number of rotatable bonds is 5. The number of hydrogen-bond acceptors (Lipinski definition) is 3. The van der Waals surface area contributed by atoms with Crippen LogP contribution in [-0.4, -0.2) is 29.9 Å². The molecule has 0 saturated carbocycles. The molecule has 0 saturated heterocycles. The summed E-state index contributed by atoms with van der Waals surface area (Å²) in [5, 5.41) is 13.1. The molecule has 29 heavy (non-hydrogen) atoms. The molecule has 0 fully saturated rings. The summed E-state index contributed by atoms with van der Waals surface area (Å²) in [6, 6.07) is 20.4. The normalized spacial score (nSPS) is 13.6. The number of benzene rings is 3. The van der Waals surface area contributed by atoms with Crippen LogP contribution in [-0.2, 0) is 0 Å². The number of hydrogen-bond donors (Lipinski definition) is 1. The van der Waals surface area contributed by atoms with Gasteiger partial charge in [-0.05, 0) is 55.5 Å². The van der Waals surface area contributed by atoms with Crippen molar-refractivity contribution in [3.8, 4) is 5.75 Å². The van der Waals surface area contributed by atoms with E-state index in [2.05, 4.69) is 65.6 Å². The molecular formula is C23H22Br2N2O2. The second-order valence-electron chi connectivity index (χ2n) is 7.16. The Balaban J connectivity index is 1.98. The summed E-state index contributed by atoms with van der Waals surface area (Å²) in [4.78, 5) is 2.09. The Morgan fingerprint density at radius 2 is 1.52 bits per heavy atom. The number of nitrogens with zero attached hydrogens (tertiary/aromatic N) is 2. The van der Waals surface area contributed by atoms with E-state index >= 15 is 0 Å². The number of fused-ring (bicyclic) bond motifs is 3. The Labute approximate surface area is 186 Å². The molecule has 0 aliphatic rings. The smallest absolute Gasteiger partial charge is 0.132 e. The van der Waals surface area contributed by atoms with Gasteiger partial charge in [0.25, 0.3) is 0 Å². The van der Waals surface area contributed by atoms with Crippen LogP contribution in [0.5, 0.6) is 5.75 Å². The molecule has 4 aromatic rings. The van der Waals surface area contributed by atoms with Crippen LogP contribution in [0, 0.1) is 0 Å². The molecule has 4 nitrogen and oxygen atoms in total. The van der Waals surface area contributed by atoms with Gasteiger partial charge < -0.3 is 19.3 Å². The van der Waals surface area contributed by atoms with Crippen LogP contribution >= 0.6 is 31.9 Å². The first-order valence-corrected chi connectivity index (χ1v) is 10.9. The van der Waals surface area contributed by atoms with Crippen LogP contribution in [0.25, 0.3) is 21.8 Å². The maximum absolute atomic E-state index is 10.9. The average molecular weight is 518 g/mol. The van der Waals surface area contributed by atoms with Gasteiger partial charge >= 0.3 is 0 Å². The molecule has 0 radical (unpaired) electrons. The lowest BCUT2D eigenvalue weighted by molar-refractivity contribution is 0.134. The summed E-state index contributed by atoms with van der Waals surface area (Å²) in [6.45, 7) is 1.83. The van der Waals surface area contributed by atoms with E-state index in [-0.39, 0.29) is 6.17 Å². The molecule has 0 spiro atoms. The predicted octanol–water partition coefficient (Wildman–Crippen LogP) is 6.34. The molecule has 2 unspecified atom stereocenters. The monoisotopic (exact) mass is 516 g/mol. The maximum Gasteiger partial charge on any atom is 0.132 e. The number of halogens is 2. The zero-order chi connectivity index (χ0) is 20.7. The van der Waals surface area contributed by atoms with Gasteiger partial charge in [0.05, 0.1) is 24.2 Å². The fourth-order valence-electron chi connectivity index (χ4n) is 3.98. The molecule has 0 aliphatic heterocycles. The van der Waals surface area contributed by atoms with Gasteiger partial charge in [0.15, 0.2) is 0 Å². The van der Waals surface area contributed by atoms with Gasteiger partial charge in [-0.25, -0.2) is 0 Å². The van der Waals surface area contributed by atoms with Gasteiger partial charge in [-0.2, -0.15) is 0 Å². The Kier molecular flexibility index (Phi) is 5.60. The predicted molar refractivity (Wildman–Crippen MR) is 127 cm³/mol. The van der Waals surface area contributed by atoms with E-state index in [0.29, 0.717) is 0 Å². The number of methoxy groups -OCH3 is 1. The van der Waals surface area contributed by atoms with E-state index in [9.17, 15) is 5.11 Å². The quantitative estimate of drug-likeness (QED) is 0.335. The van der Waals surface area contributed by atoms with Gasteiger partial charge in [-0.1, -0.05) is 37.9 Å². The summed E-state index contributed by atoms with van der Waals surface area (Å²) < 4.78 is 9.67. The topological polar surface area (TPSA) is 37.6 Å². The number of likely N-dealkylation sites (N-methyl/N-ethyl adjacent to an activating group) is 1. The average Bonchev–Trinajstić information content (AvgIpc) is 3.00. The highest BCUT2D eigenvalue weighted by atomic mass is 79.9. The molecule has 6 heteroatoms. The fourth-order valence-corrected chi connectivity index (χ4v) is 4.70. The van der Waals surface area contributed by atoms with Gasteiger partial charge in [0.2, 0.25) is 0 Å². The Morgan fingerprint density at radius 3 is 2.03 bits per heavy atom. The van der Waals surface area contributed by atoms with E-state index in [4.69, 9.17) is 4.74 Å². The third kappa shape index (κ3) is 3.65. The van der Waals surface area contributed by atoms with E-state index in [1.807, 2.05) is 50.4 Å². The number of ether oxygens (including phenoxy) is 1. The second kappa shape index (κ2) is 8.01. The van der Waals surface area contributed by atoms with E-state index in [1.165, 1.54) is 0 Å². The van der Waals surface area contributed by atoms with Crippen LogP contribution in [0.15, 0.2) is 69.6 Å². The van der Waals surface area contributed by atoms with Crippen molar-refractivity contribution in [2.24, 2.45) is 0 Å². The Bertz CT molecular complexity index is 1130. The molecule has 1 aromatic heterocycles. The van der Waals surface area contributed by atoms with Crippen LogP contribution in [0.2, 0.25) is 0 Å². The largest absolute Gasteiger partial charge is 0.497 e. The maximum atomic E-state index is 10.9. The first-order chi connectivity index (χ1) is 13.9. The summed E-state index contributed by atoms with van der Waals surface area (Å²) in [6.07, 6.45) is -0.915. The van der Waals surface area contributed by atoms with Crippen molar-refractivity contribution in [3.05, 3.63) is 69.6 Å². The zero-order valence-electron chi connectivity index (χ0n) is 16.4. The van der Waals surface area contributed by atoms with Crippen LogP contribution in [0.1, 0.15) is 13.1 Å². The summed E-state index contributed by atoms with van der Waals surface area (Å²) in [5.41, 5.74) is 3.11. The van der Waals surface area contributed by atoms with Crippen molar-refractivity contribution in [2.45, 2.75) is 19.2 Å². The molecule has 1 N–H and O–H groups in total. The fraction of sp³-hybridized carbons (Fsp3) is 0.217. The zero-order valence-corrected chi connectivity index (χ0v) is 19.6. The molecule has 2 atom stereocenters. The Hall–Kier alpha value is -2.02. The minimum absolute atomic E-state index is 0.301. The number of aliphatic hydroxyl groups excluding tert-OH is 1. The molecule has 0 aliphatic carbocycles. The van der Waals surface area contributed by atoms with Gasteiger partial charge in [0.1, 0.15) is 11.9 Å². The molecule has 1 heterocycles. The highest BCUT2D eigenvalue weighted by molar-refractivity contribution is 9.10.